The van der Waals surface area contributed by atoms with Gasteiger partial charge in [-0.05, 0) is 24.0 Å². The Morgan fingerprint density at radius 2 is 2.44 bits per heavy atom. The monoisotopic (exact) mass is 264 g/mol. The van der Waals surface area contributed by atoms with Crippen LogP contribution in [0.3, 0.4) is 0 Å². The highest BCUT2D eigenvalue weighted by atomic mass is 35.5. The lowest BCUT2D eigenvalue weighted by Gasteiger charge is -2.14. The highest BCUT2D eigenvalue weighted by Gasteiger charge is 2.25. The second-order valence-electron chi connectivity index (χ2n) is 4.02. The third-order valence-electron chi connectivity index (χ3n) is 2.97. The summed E-state index contributed by atoms with van der Waals surface area (Å²) in [5.41, 5.74) is 2.73. The van der Waals surface area contributed by atoms with Crippen LogP contribution in [0.25, 0.3) is 4.85 Å². The molecule has 1 atom stereocenters. The summed E-state index contributed by atoms with van der Waals surface area (Å²) >= 11 is 5.44. The van der Waals surface area contributed by atoms with Crippen molar-refractivity contribution in [3.8, 4) is 0 Å². The van der Waals surface area contributed by atoms with E-state index >= 15 is 0 Å². The second-order valence-corrected chi connectivity index (χ2v) is 4.40. The van der Waals surface area contributed by atoms with Gasteiger partial charge in [-0.15, -0.1) is 11.6 Å². The average Bonchev–Trinajstić information content (AvgIpc) is 2.79. The zero-order valence-corrected chi connectivity index (χ0v) is 10.5. The highest BCUT2D eigenvalue weighted by molar-refractivity contribution is 6.18. The van der Waals surface area contributed by atoms with Gasteiger partial charge >= 0.3 is 6.09 Å². The van der Waals surface area contributed by atoms with Crippen LogP contribution in [0.5, 0.6) is 0 Å². The summed E-state index contributed by atoms with van der Waals surface area (Å²) in [5, 5.41) is 2.80. The minimum atomic E-state index is -0.457. The van der Waals surface area contributed by atoms with Gasteiger partial charge in [0, 0.05) is 0 Å². The highest BCUT2D eigenvalue weighted by Crippen LogP contribution is 2.36. The molecule has 0 aromatic heterocycles. The molecule has 0 fully saturated rings. The molecule has 2 rings (SSSR count). The molecule has 0 aliphatic heterocycles. The Balaban J connectivity index is 2.08. The van der Waals surface area contributed by atoms with Crippen molar-refractivity contribution in [2.45, 2.75) is 18.9 Å². The van der Waals surface area contributed by atoms with Crippen molar-refractivity contribution in [3.05, 3.63) is 40.7 Å². The maximum absolute atomic E-state index is 11.5. The first-order chi connectivity index (χ1) is 8.76. The Kier molecular flexibility index (Phi) is 4.06. The fraction of sp³-hybridized carbons (Fsp3) is 0.385. The van der Waals surface area contributed by atoms with Crippen molar-refractivity contribution in [1.29, 1.82) is 0 Å². The Labute approximate surface area is 111 Å². The largest absolute Gasteiger partial charge is 0.448 e. The van der Waals surface area contributed by atoms with Gasteiger partial charge < -0.3 is 10.1 Å². The molecular formula is C13H13ClN2O2. The number of hydrogen-bond donors (Lipinski definition) is 1. The first-order valence-electron chi connectivity index (χ1n) is 5.74. The molecule has 5 heteroatoms. The Morgan fingerprint density at radius 3 is 3.17 bits per heavy atom. The van der Waals surface area contributed by atoms with Gasteiger partial charge in [-0.25, -0.2) is 9.64 Å². The predicted octanol–water partition coefficient (Wildman–Crippen LogP) is 3.19. The molecule has 1 N–H and O–H groups in total. The van der Waals surface area contributed by atoms with E-state index in [9.17, 15) is 4.79 Å². The number of alkyl carbamates (subject to hydrolysis) is 1. The maximum atomic E-state index is 11.5. The topological polar surface area (TPSA) is 42.7 Å². The van der Waals surface area contributed by atoms with Crippen LogP contribution in [0, 0.1) is 6.57 Å². The van der Waals surface area contributed by atoms with Crippen LogP contribution in [-0.2, 0) is 11.2 Å². The normalized spacial score (nSPS) is 16.8. The van der Waals surface area contributed by atoms with Crippen LogP contribution in [-0.4, -0.2) is 18.6 Å². The molecule has 0 saturated carbocycles. The molecule has 1 amide bonds. The number of carbonyl (C=O) groups is 1. The number of amides is 1. The molecule has 0 saturated heterocycles. The van der Waals surface area contributed by atoms with Crippen molar-refractivity contribution in [3.63, 3.8) is 0 Å². The van der Waals surface area contributed by atoms with E-state index in [0.717, 1.165) is 24.0 Å². The van der Waals surface area contributed by atoms with E-state index in [-0.39, 0.29) is 18.5 Å². The van der Waals surface area contributed by atoms with Crippen molar-refractivity contribution < 1.29 is 9.53 Å². The standard InChI is InChI=1S/C13H13ClN2O2/c1-15-11-4-2-3-9-10(11)5-6-12(9)16-13(17)18-8-7-14/h2-4,12H,5-8H2,(H,16,17)/t12-/m0/s1. The van der Waals surface area contributed by atoms with E-state index in [1.165, 1.54) is 0 Å². The zero-order valence-electron chi connectivity index (χ0n) is 9.78. The molecule has 0 heterocycles. The second kappa shape index (κ2) is 5.74. The van der Waals surface area contributed by atoms with Crippen LogP contribution in [0.2, 0.25) is 0 Å². The van der Waals surface area contributed by atoms with Gasteiger partial charge in [0.2, 0.25) is 0 Å². The fourth-order valence-corrected chi connectivity index (χ4v) is 2.28. The van der Waals surface area contributed by atoms with Gasteiger partial charge in [0.1, 0.15) is 6.61 Å². The van der Waals surface area contributed by atoms with E-state index in [1.807, 2.05) is 12.1 Å². The van der Waals surface area contributed by atoms with Crippen molar-refractivity contribution in [2.24, 2.45) is 0 Å². The van der Waals surface area contributed by atoms with Crippen LogP contribution in [0.15, 0.2) is 18.2 Å². The van der Waals surface area contributed by atoms with Crippen molar-refractivity contribution in [1.82, 2.24) is 5.32 Å². The number of nitrogens with zero attached hydrogens (tertiary/aromatic N) is 1. The number of carbonyl (C=O) groups excluding carboxylic acids is 1. The van der Waals surface area contributed by atoms with Gasteiger partial charge in [-0.2, -0.15) is 0 Å². The minimum absolute atomic E-state index is 0.0653. The van der Waals surface area contributed by atoms with E-state index < -0.39 is 6.09 Å². The van der Waals surface area contributed by atoms with Crippen LogP contribution in [0.4, 0.5) is 10.5 Å². The summed E-state index contributed by atoms with van der Waals surface area (Å²) in [4.78, 5) is 15.0. The smallest absolute Gasteiger partial charge is 0.407 e. The van der Waals surface area contributed by atoms with E-state index in [2.05, 4.69) is 10.2 Å². The number of halogens is 1. The third-order valence-corrected chi connectivity index (χ3v) is 3.12. The number of alkyl halides is 1. The van der Waals surface area contributed by atoms with E-state index in [1.54, 1.807) is 6.07 Å². The summed E-state index contributed by atoms with van der Waals surface area (Å²) in [6, 6.07) is 5.53. The summed E-state index contributed by atoms with van der Waals surface area (Å²) in [6.07, 6.45) is 1.16. The Hall–Kier alpha value is -1.73. The fourth-order valence-electron chi connectivity index (χ4n) is 2.20. The zero-order chi connectivity index (χ0) is 13.0. The number of benzene rings is 1. The molecule has 0 unspecified atom stereocenters. The van der Waals surface area contributed by atoms with Gasteiger partial charge in [0.25, 0.3) is 0 Å². The molecule has 18 heavy (non-hydrogen) atoms. The van der Waals surface area contributed by atoms with Gasteiger partial charge in [0.05, 0.1) is 18.5 Å². The lowest BCUT2D eigenvalue weighted by molar-refractivity contribution is 0.148. The average molecular weight is 265 g/mol. The molecule has 0 bridgehead atoms. The lowest BCUT2D eigenvalue weighted by atomic mass is 10.1. The van der Waals surface area contributed by atoms with Gasteiger partial charge in [0.15, 0.2) is 5.69 Å². The van der Waals surface area contributed by atoms with Crippen LogP contribution >= 0.6 is 11.6 Å². The molecule has 1 aromatic carbocycles. The first kappa shape index (κ1) is 12.7. The molecule has 0 radical (unpaired) electrons. The summed E-state index contributed by atoms with van der Waals surface area (Å²) in [5.74, 6) is 0.288. The van der Waals surface area contributed by atoms with Crippen molar-refractivity contribution >= 4 is 23.4 Å². The first-order valence-corrected chi connectivity index (χ1v) is 6.28. The quantitative estimate of drug-likeness (QED) is 0.673. The Morgan fingerprint density at radius 1 is 1.61 bits per heavy atom. The molecule has 94 valence electrons. The minimum Gasteiger partial charge on any atom is -0.448 e. The number of rotatable bonds is 3. The van der Waals surface area contributed by atoms with E-state index in [4.69, 9.17) is 22.9 Å². The molecule has 1 aliphatic rings. The van der Waals surface area contributed by atoms with Crippen LogP contribution in [0.1, 0.15) is 23.6 Å². The summed E-state index contributed by atoms with van der Waals surface area (Å²) in [7, 11) is 0. The molecular weight excluding hydrogens is 252 g/mol. The maximum Gasteiger partial charge on any atom is 0.407 e. The van der Waals surface area contributed by atoms with E-state index in [0.29, 0.717) is 5.69 Å². The van der Waals surface area contributed by atoms with Gasteiger partial charge in [-0.1, -0.05) is 18.2 Å². The van der Waals surface area contributed by atoms with Crippen molar-refractivity contribution in [2.75, 3.05) is 12.5 Å². The van der Waals surface area contributed by atoms with Crippen LogP contribution < -0.4 is 5.32 Å². The SMILES string of the molecule is [C-]#[N+]c1cccc2c1CC[C@@H]2NC(=O)OCCCl. The number of nitrogens with one attached hydrogen (secondary N) is 1. The molecule has 0 spiro atoms. The summed E-state index contributed by atoms with van der Waals surface area (Å²) in [6.45, 7) is 7.31. The number of ether oxygens (including phenoxy) is 1. The number of fused-ring (bicyclic) bond motifs is 1. The lowest BCUT2D eigenvalue weighted by Crippen LogP contribution is -2.28. The molecule has 4 nitrogen and oxygen atoms in total. The molecule has 1 aromatic rings. The molecule has 1 aliphatic carbocycles. The third kappa shape index (κ3) is 2.57. The van der Waals surface area contributed by atoms with Gasteiger partial charge in [-0.3, -0.25) is 0 Å². The number of hydrogen-bond acceptors (Lipinski definition) is 2. The summed E-state index contributed by atoms with van der Waals surface area (Å²) < 4.78 is 4.88. The predicted molar refractivity (Wildman–Crippen MR) is 69.0 cm³/mol. The Bertz CT molecular complexity index is 496.